The fraction of sp³-hybridized carbons (Fsp3) is 0.280. The van der Waals surface area contributed by atoms with Crippen molar-refractivity contribution in [1.82, 2.24) is 24.5 Å². The summed E-state index contributed by atoms with van der Waals surface area (Å²) in [7, 11) is 1.64. The lowest BCUT2D eigenvalue weighted by Gasteiger charge is -2.26. The van der Waals surface area contributed by atoms with Gasteiger partial charge in [0.1, 0.15) is 17.5 Å². The van der Waals surface area contributed by atoms with E-state index in [9.17, 15) is 4.79 Å². The third-order valence-corrected chi connectivity index (χ3v) is 6.22. The molecule has 1 N–H and O–H groups in total. The molecule has 1 aliphatic heterocycles. The maximum Gasteiger partial charge on any atom is 0.249 e. The van der Waals surface area contributed by atoms with Gasteiger partial charge in [0.25, 0.3) is 0 Å². The van der Waals surface area contributed by atoms with Gasteiger partial charge in [0.2, 0.25) is 5.91 Å². The molecule has 5 rings (SSSR count). The van der Waals surface area contributed by atoms with Crippen LogP contribution in [0.2, 0.25) is 0 Å². The highest BCUT2D eigenvalue weighted by atomic mass is 16.5. The molecule has 0 saturated heterocycles. The van der Waals surface area contributed by atoms with Crippen molar-refractivity contribution in [2.75, 3.05) is 12.4 Å². The van der Waals surface area contributed by atoms with Gasteiger partial charge >= 0.3 is 0 Å². The van der Waals surface area contributed by atoms with Crippen molar-refractivity contribution >= 4 is 11.6 Å². The molecule has 1 aliphatic rings. The van der Waals surface area contributed by atoms with Gasteiger partial charge in [-0.3, -0.25) is 4.79 Å². The Hall–Kier alpha value is -3.94. The highest BCUT2D eigenvalue weighted by Crippen LogP contribution is 2.40. The van der Waals surface area contributed by atoms with Crippen molar-refractivity contribution in [2.45, 2.75) is 38.6 Å². The lowest BCUT2D eigenvalue weighted by molar-refractivity contribution is -0.120. The lowest BCUT2D eigenvalue weighted by Crippen LogP contribution is -2.28. The Morgan fingerprint density at radius 1 is 1.15 bits per heavy atom. The van der Waals surface area contributed by atoms with Crippen LogP contribution in [0.25, 0.3) is 16.9 Å². The Labute approximate surface area is 192 Å². The van der Waals surface area contributed by atoms with E-state index in [2.05, 4.69) is 40.5 Å². The predicted molar refractivity (Wildman–Crippen MR) is 126 cm³/mol. The first-order chi connectivity index (χ1) is 15.9. The number of imidazole rings is 1. The number of benzene rings is 2. The van der Waals surface area contributed by atoms with Gasteiger partial charge < -0.3 is 14.6 Å². The fourth-order valence-corrected chi connectivity index (χ4v) is 4.46. The molecule has 0 saturated carbocycles. The van der Waals surface area contributed by atoms with Gasteiger partial charge in [-0.2, -0.15) is 0 Å². The zero-order valence-corrected chi connectivity index (χ0v) is 19.1. The summed E-state index contributed by atoms with van der Waals surface area (Å²) >= 11 is 0. The van der Waals surface area contributed by atoms with E-state index in [4.69, 9.17) is 4.74 Å². The van der Waals surface area contributed by atoms with Crippen LogP contribution in [-0.4, -0.2) is 37.6 Å². The van der Waals surface area contributed by atoms with E-state index in [1.165, 1.54) is 0 Å². The van der Waals surface area contributed by atoms with E-state index >= 15 is 0 Å². The SMILES string of the molecule is COc1cc(-c2cn(C3CC(C)(C)c4ccccc4NC3=O)nn2)ccc1-n1cnc(C)c1. The van der Waals surface area contributed by atoms with Crippen molar-refractivity contribution in [2.24, 2.45) is 0 Å². The highest BCUT2D eigenvalue weighted by Gasteiger charge is 2.36. The minimum atomic E-state index is -0.469. The van der Waals surface area contributed by atoms with E-state index < -0.39 is 6.04 Å². The van der Waals surface area contributed by atoms with E-state index in [0.717, 1.165) is 28.2 Å². The lowest BCUT2D eigenvalue weighted by atomic mass is 9.79. The molecular weight excluding hydrogens is 416 g/mol. The summed E-state index contributed by atoms with van der Waals surface area (Å²) in [6.07, 6.45) is 6.14. The summed E-state index contributed by atoms with van der Waals surface area (Å²) in [5, 5.41) is 11.8. The summed E-state index contributed by atoms with van der Waals surface area (Å²) < 4.78 is 9.21. The Morgan fingerprint density at radius 3 is 2.73 bits per heavy atom. The summed E-state index contributed by atoms with van der Waals surface area (Å²) in [6, 6.07) is 13.3. The minimum absolute atomic E-state index is 0.0899. The summed E-state index contributed by atoms with van der Waals surface area (Å²) in [5.41, 5.74) is 5.11. The van der Waals surface area contributed by atoms with Gasteiger partial charge in [-0.25, -0.2) is 9.67 Å². The second kappa shape index (κ2) is 7.88. The first kappa shape index (κ1) is 20.9. The third-order valence-electron chi connectivity index (χ3n) is 6.22. The Morgan fingerprint density at radius 2 is 1.97 bits per heavy atom. The number of aryl methyl sites for hydroxylation is 1. The molecule has 168 valence electrons. The van der Waals surface area contributed by atoms with Crippen molar-refractivity contribution in [3.8, 4) is 22.7 Å². The van der Waals surface area contributed by atoms with Crippen molar-refractivity contribution in [1.29, 1.82) is 0 Å². The number of ether oxygens (including phenoxy) is 1. The molecule has 0 fully saturated rings. The number of nitrogens with one attached hydrogen (secondary N) is 1. The minimum Gasteiger partial charge on any atom is -0.495 e. The van der Waals surface area contributed by atoms with E-state index in [0.29, 0.717) is 17.9 Å². The van der Waals surface area contributed by atoms with E-state index in [-0.39, 0.29) is 11.3 Å². The molecule has 0 radical (unpaired) electrons. The second-order valence-electron chi connectivity index (χ2n) is 9.03. The number of carbonyl (C=O) groups excluding carboxylic acids is 1. The molecule has 2 aromatic heterocycles. The summed E-state index contributed by atoms with van der Waals surface area (Å²) in [6.45, 7) is 6.25. The van der Waals surface area contributed by atoms with Gasteiger partial charge in [0, 0.05) is 17.4 Å². The van der Waals surface area contributed by atoms with Crippen LogP contribution in [0.1, 0.15) is 37.6 Å². The van der Waals surface area contributed by atoms with Gasteiger partial charge in [-0.15, -0.1) is 5.10 Å². The number of anilines is 1. The first-order valence-electron chi connectivity index (χ1n) is 10.9. The number of carbonyl (C=O) groups is 1. The fourth-order valence-electron chi connectivity index (χ4n) is 4.46. The van der Waals surface area contributed by atoms with E-state index in [1.54, 1.807) is 18.1 Å². The van der Waals surface area contributed by atoms with Crippen LogP contribution in [0.4, 0.5) is 5.69 Å². The summed E-state index contributed by atoms with van der Waals surface area (Å²) in [5.74, 6) is 0.608. The maximum absolute atomic E-state index is 13.1. The first-order valence-corrected chi connectivity index (χ1v) is 10.9. The molecule has 0 bridgehead atoms. The topological polar surface area (TPSA) is 86.9 Å². The molecular formula is C25H26N6O2. The van der Waals surface area contributed by atoms with E-state index in [1.807, 2.05) is 60.3 Å². The van der Waals surface area contributed by atoms with Crippen LogP contribution in [0.3, 0.4) is 0 Å². The number of nitrogens with zero attached hydrogens (tertiary/aromatic N) is 5. The van der Waals surface area contributed by atoms with Gasteiger partial charge in [0.15, 0.2) is 0 Å². The number of fused-ring (bicyclic) bond motifs is 1. The van der Waals surface area contributed by atoms with Crippen LogP contribution in [0, 0.1) is 6.92 Å². The standard InChI is InChI=1S/C25H26N6O2/c1-16-13-30(15-26-16)21-10-9-17(11-23(21)33-4)20-14-31(29-28-20)22-12-25(2,3)18-7-5-6-8-19(18)27-24(22)32/h5-11,13-15,22H,12H2,1-4H3,(H,27,32). The third kappa shape index (κ3) is 3.77. The van der Waals surface area contributed by atoms with Crippen LogP contribution in [-0.2, 0) is 10.2 Å². The number of hydrogen-bond donors (Lipinski definition) is 1. The number of hydrogen-bond acceptors (Lipinski definition) is 5. The second-order valence-corrected chi connectivity index (χ2v) is 9.03. The molecule has 8 heteroatoms. The largest absolute Gasteiger partial charge is 0.495 e. The predicted octanol–water partition coefficient (Wildman–Crippen LogP) is 4.31. The average molecular weight is 443 g/mol. The smallest absolute Gasteiger partial charge is 0.249 e. The van der Waals surface area contributed by atoms with Crippen molar-refractivity contribution in [3.05, 3.63) is 72.4 Å². The molecule has 1 unspecified atom stereocenters. The molecule has 1 amide bonds. The molecule has 0 spiro atoms. The van der Waals surface area contributed by atoms with Crippen LogP contribution >= 0.6 is 0 Å². The van der Waals surface area contributed by atoms with Crippen molar-refractivity contribution in [3.63, 3.8) is 0 Å². The highest BCUT2D eigenvalue weighted by molar-refractivity contribution is 5.95. The Balaban J connectivity index is 1.46. The monoisotopic (exact) mass is 442 g/mol. The van der Waals surface area contributed by atoms with Gasteiger partial charge in [0.05, 0.1) is 31.0 Å². The average Bonchev–Trinajstić information content (AvgIpc) is 3.44. The quantitative estimate of drug-likeness (QED) is 0.509. The van der Waals surface area contributed by atoms with Crippen LogP contribution < -0.4 is 10.1 Å². The molecule has 3 heterocycles. The molecule has 2 aromatic carbocycles. The molecule has 33 heavy (non-hydrogen) atoms. The number of aromatic nitrogens is 5. The zero-order chi connectivity index (χ0) is 23.2. The van der Waals surface area contributed by atoms with Crippen LogP contribution in [0.5, 0.6) is 5.75 Å². The number of para-hydroxylation sites is 1. The Kier molecular flexibility index (Phi) is 5.00. The number of methoxy groups -OCH3 is 1. The Bertz CT molecular complexity index is 1340. The summed E-state index contributed by atoms with van der Waals surface area (Å²) in [4.78, 5) is 17.4. The molecule has 1 atom stereocenters. The molecule has 0 aliphatic carbocycles. The molecule has 4 aromatic rings. The van der Waals surface area contributed by atoms with Crippen molar-refractivity contribution < 1.29 is 9.53 Å². The number of amides is 1. The zero-order valence-electron chi connectivity index (χ0n) is 19.1. The maximum atomic E-state index is 13.1. The van der Waals surface area contributed by atoms with Gasteiger partial charge in [-0.1, -0.05) is 43.3 Å². The van der Waals surface area contributed by atoms with Crippen LogP contribution in [0.15, 0.2) is 61.2 Å². The molecule has 8 nitrogen and oxygen atoms in total. The van der Waals surface area contributed by atoms with Gasteiger partial charge in [-0.05, 0) is 42.5 Å². The number of rotatable bonds is 4. The normalized spacial score (nSPS) is 17.2.